The Hall–Kier alpha value is -1.42. The molecular weight excluding hydrogens is 301 g/mol. The van der Waals surface area contributed by atoms with Gasteiger partial charge < -0.3 is 4.74 Å². The van der Waals surface area contributed by atoms with E-state index < -0.39 is 5.60 Å². The molecule has 1 fully saturated rings. The SMILES string of the molecule is COC1(c2cc(F)cc(Cl)c2)CCN(Cc2ccccc2)C1. The van der Waals surface area contributed by atoms with Gasteiger partial charge in [0.2, 0.25) is 0 Å². The molecule has 1 unspecified atom stereocenters. The van der Waals surface area contributed by atoms with Crippen LogP contribution >= 0.6 is 11.6 Å². The molecule has 0 radical (unpaired) electrons. The van der Waals surface area contributed by atoms with E-state index in [1.807, 2.05) is 18.2 Å². The molecule has 2 aromatic rings. The van der Waals surface area contributed by atoms with E-state index in [9.17, 15) is 4.39 Å². The molecule has 116 valence electrons. The van der Waals surface area contributed by atoms with Crippen molar-refractivity contribution < 1.29 is 9.13 Å². The fourth-order valence-corrected chi connectivity index (χ4v) is 3.39. The maximum absolute atomic E-state index is 13.7. The number of likely N-dealkylation sites (tertiary alicyclic amines) is 1. The molecule has 4 heteroatoms. The molecule has 1 aliphatic rings. The number of hydrogen-bond donors (Lipinski definition) is 0. The Kier molecular flexibility index (Phi) is 4.48. The average Bonchev–Trinajstić information content (AvgIpc) is 2.92. The molecule has 1 saturated heterocycles. The van der Waals surface area contributed by atoms with Crippen molar-refractivity contribution in [2.75, 3.05) is 20.2 Å². The van der Waals surface area contributed by atoms with E-state index in [2.05, 4.69) is 17.0 Å². The third-order valence-corrected chi connectivity index (χ3v) is 4.56. The second-order valence-corrected chi connectivity index (χ2v) is 6.24. The first-order valence-electron chi connectivity index (χ1n) is 7.39. The highest BCUT2D eigenvalue weighted by molar-refractivity contribution is 6.30. The van der Waals surface area contributed by atoms with Crippen molar-refractivity contribution in [3.05, 3.63) is 70.5 Å². The van der Waals surface area contributed by atoms with Gasteiger partial charge in [-0.15, -0.1) is 0 Å². The summed E-state index contributed by atoms with van der Waals surface area (Å²) in [5, 5.41) is 0.410. The van der Waals surface area contributed by atoms with Crippen LogP contribution < -0.4 is 0 Å². The van der Waals surface area contributed by atoms with Crippen LogP contribution in [0.2, 0.25) is 5.02 Å². The molecule has 2 nitrogen and oxygen atoms in total. The smallest absolute Gasteiger partial charge is 0.125 e. The minimum Gasteiger partial charge on any atom is -0.372 e. The number of halogens is 2. The number of hydrogen-bond acceptors (Lipinski definition) is 2. The predicted octanol–water partition coefficient (Wildman–Crippen LogP) is 4.23. The molecule has 0 aromatic heterocycles. The molecule has 0 saturated carbocycles. The van der Waals surface area contributed by atoms with Crippen molar-refractivity contribution in [1.82, 2.24) is 4.90 Å². The molecule has 0 aliphatic carbocycles. The van der Waals surface area contributed by atoms with Crippen LogP contribution in [0.1, 0.15) is 17.5 Å². The fourth-order valence-electron chi connectivity index (χ4n) is 3.17. The molecule has 0 amide bonds. The van der Waals surface area contributed by atoms with Crippen molar-refractivity contribution in [1.29, 1.82) is 0 Å². The van der Waals surface area contributed by atoms with Crippen molar-refractivity contribution in [3.8, 4) is 0 Å². The first-order valence-corrected chi connectivity index (χ1v) is 7.77. The molecule has 1 aliphatic heterocycles. The quantitative estimate of drug-likeness (QED) is 0.836. The predicted molar refractivity (Wildman–Crippen MR) is 86.4 cm³/mol. The number of methoxy groups -OCH3 is 1. The average molecular weight is 320 g/mol. The Morgan fingerprint density at radius 3 is 2.68 bits per heavy atom. The Balaban J connectivity index is 1.80. The number of nitrogens with zero attached hydrogens (tertiary/aromatic N) is 1. The first kappa shape index (κ1) is 15.5. The van der Waals surface area contributed by atoms with Gasteiger partial charge in [-0.2, -0.15) is 0 Å². The molecule has 3 rings (SSSR count). The van der Waals surface area contributed by atoms with Crippen molar-refractivity contribution in [3.63, 3.8) is 0 Å². The third-order valence-electron chi connectivity index (χ3n) is 4.34. The second-order valence-electron chi connectivity index (χ2n) is 5.80. The Bertz CT molecular complexity index is 629. The van der Waals surface area contributed by atoms with Crippen molar-refractivity contribution >= 4 is 11.6 Å². The summed E-state index contributed by atoms with van der Waals surface area (Å²) in [5.41, 5.74) is 1.60. The van der Waals surface area contributed by atoms with Crippen LogP contribution in [0.25, 0.3) is 0 Å². The van der Waals surface area contributed by atoms with Crippen LogP contribution in [0.5, 0.6) is 0 Å². The van der Waals surface area contributed by atoms with Gasteiger partial charge in [0, 0.05) is 31.8 Å². The van der Waals surface area contributed by atoms with Crippen LogP contribution in [0.4, 0.5) is 4.39 Å². The van der Waals surface area contributed by atoms with Crippen molar-refractivity contribution in [2.24, 2.45) is 0 Å². The van der Waals surface area contributed by atoms with E-state index in [-0.39, 0.29) is 5.82 Å². The molecule has 22 heavy (non-hydrogen) atoms. The van der Waals surface area contributed by atoms with E-state index >= 15 is 0 Å². The summed E-state index contributed by atoms with van der Waals surface area (Å²) in [7, 11) is 1.69. The Morgan fingerprint density at radius 1 is 1.23 bits per heavy atom. The summed E-state index contributed by atoms with van der Waals surface area (Å²) in [6.45, 7) is 2.52. The molecule has 1 heterocycles. The van der Waals surface area contributed by atoms with Gasteiger partial charge in [0.15, 0.2) is 0 Å². The molecule has 0 N–H and O–H groups in total. The van der Waals surface area contributed by atoms with Gasteiger partial charge >= 0.3 is 0 Å². The first-order chi connectivity index (χ1) is 10.6. The van der Waals surface area contributed by atoms with Crippen LogP contribution in [0, 0.1) is 5.82 Å². The molecule has 0 spiro atoms. The van der Waals surface area contributed by atoms with Gasteiger partial charge in [-0.1, -0.05) is 41.9 Å². The zero-order chi connectivity index (χ0) is 15.6. The lowest BCUT2D eigenvalue weighted by Crippen LogP contribution is -2.32. The summed E-state index contributed by atoms with van der Waals surface area (Å²) in [5.74, 6) is -0.319. The fraction of sp³-hybridized carbons (Fsp3) is 0.333. The highest BCUT2D eigenvalue weighted by Gasteiger charge is 2.40. The number of ether oxygens (including phenoxy) is 1. The number of benzene rings is 2. The topological polar surface area (TPSA) is 12.5 Å². The minimum atomic E-state index is -0.486. The van der Waals surface area contributed by atoms with Crippen LogP contribution in [-0.4, -0.2) is 25.1 Å². The third kappa shape index (κ3) is 3.17. The van der Waals surface area contributed by atoms with E-state index in [0.717, 1.165) is 31.6 Å². The number of rotatable bonds is 4. The summed E-state index contributed by atoms with van der Waals surface area (Å²) < 4.78 is 19.5. The highest BCUT2D eigenvalue weighted by atomic mass is 35.5. The molecule has 2 aromatic carbocycles. The zero-order valence-electron chi connectivity index (χ0n) is 12.6. The summed E-state index contributed by atoms with van der Waals surface area (Å²) in [4.78, 5) is 2.33. The molecule has 0 bridgehead atoms. The Labute approximate surface area is 135 Å². The molecule has 1 atom stereocenters. The van der Waals surface area contributed by atoms with Crippen LogP contribution in [0.3, 0.4) is 0 Å². The Morgan fingerprint density at radius 2 is 2.00 bits per heavy atom. The summed E-state index contributed by atoms with van der Waals surface area (Å²) in [6.07, 6.45) is 0.829. The zero-order valence-corrected chi connectivity index (χ0v) is 13.3. The lowest BCUT2D eigenvalue weighted by atomic mass is 9.92. The minimum absolute atomic E-state index is 0.319. The van der Waals surface area contributed by atoms with Gasteiger partial charge in [0.1, 0.15) is 11.4 Å². The second kappa shape index (κ2) is 6.37. The van der Waals surface area contributed by atoms with Gasteiger partial charge in [-0.3, -0.25) is 4.90 Å². The van der Waals surface area contributed by atoms with Crippen molar-refractivity contribution in [2.45, 2.75) is 18.6 Å². The van der Waals surface area contributed by atoms with E-state index in [4.69, 9.17) is 16.3 Å². The van der Waals surface area contributed by atoms with E-state index in [0.29, 0.717) is 5.02 Å². The van der Waals surface area contributed by atoms with Gasteiger partial charge in [0.05, 0.1) is 0 Å². The summed E-state index contributed by atoms with van der Waals surface area (Å²) in [6, 6.07) is 15.0. The van der Waals surface area contributed by atoms with Crippen LogP contribution in [0.15, 0.2) is 48.5 Å². The lowest BCUT2D eigenvalue weighted by molar-refractivity contribution is -0.00660. The van der Waals surface area contributed by atoms with Crippen LogP contribution in [-0.2, 0) is 16.9 Å². The lowest BCUT2D eigenvalue weighted by Gasteiger charge is -2.29. The van der Waals surface area contributed by atoms with Gasteiger partial charge in [-0.25, -0.2) is 4.39 Å². The largest absolute Gasteiger partial charge is 0.372 e. The van der Waals surface area contributed by atoms with Gasteiger partial charge in [-0.05, 0) is 35.7 Å². The molecular formula is C18H19ClFNO. The summed E-state index contributed by atoms with van der Waals surface area (Å²) >= 11 is 6.00. The maximum atomic E-state index is 13.7. The normalized spacial score (nSPS) is 22.1. The standard InChI is InChI=1S/C18H19ClFNO/c1-22-18(15-9-16(19)11-17(20)10-15)7-8-21(13-18)12-14-5-3-2-4-6-14/h2-6,9-11H,7-8,12-13H2,1H3. The highest BCUT2D eigenvalue weighted by Crippen LogP contribution is 2.37. The maximum Gasteiger partial charge on any atom is 0.125 e. The van der Waals surface area contributed by atoms with E-state index in [1.54, 1.807) is 13.2 Å². The van der Waals surface area contributed by atoms with Gasteiger partial charge in [0.25, 0.3) is 0 Å². The van der Waals surface area contributed by atoms with E-state index in [1.165, 1.54) is 17.7 Å². The monoisotopic (exact) mass is 319 g/mol.